The monoisotopic (exact) mass is 322 g/mol. The highest BCUT2D eigenvalue weighted by Crippen LogP contribution is 2.29. The summed E-state index contributed by atoms with van der Waals surface area (Å²) in [5.74, 6) is 0. The molecule has 1 aromatic heterocycles. The zero-order valence-electron chi connectivity index (χ0n) is 10.2. The van der Waals surface area contributed by atoms with Crippen LogP contribution in [0.25, 0.3) is 11.3 Å². The van der Waals surface area contributed by atoms with Gasteiger partial charge >= 0.3 is 0 Å². The number of nitrogens with zero attached hydrogens (tertiary/aromatic N) is 1. The summed E-state index contributed by atoms with van der Waals surface area (Å²) in [6, 6.07) is 9.08. The number of thiazole rings is 1. The standard InChI is InChI=1S/C14H15BrN2S/c1-9-14(10-3-2-4-11(15)7-10)17-13(18-9)8-16-12-5-6-12/h2-4,7,12,16H,5-6,8H2,1H3. The van der Waals surface area contributed by atoms with Gasteiger partial charge in [0.25, 0.3) is 0 Å². The number of aryl methyl sites for hydroxylation is 1. The van der Waals surface area contributed by atoms with Crippen LogP contribution in [0.4, 0.5) is 0 Å². The summed E-state index contributed by atoms with van der Waals surface area (Å²) in [5, 5.41) is 4.70. The zero-order valence-corrected chi connectivity index (χ0v) is 12.6. The number of hydrogen-bond acceptors (Lipinski definition) is 3. The molecule has 0 spiro atoms. The number of aromatic nitrogens is 1. The van der Waals surface area contributed by atoms with Crippen LogP contribution >= 0.6 is 27.3 Å². The smallest absolute Gasteiger partial charge is 0.107 e. The van der Waals surface area contributed by atoms with Crippen LogP contribution in [-0.4, -0.2) is 11.0 Å². The number of hydrogen-bond donors (Lipinski definition) is 1. The molecule has 0 saturated heterocycles. The number of nitrogens with one attached hydrogen (secondary N) is 1. The Labute approximate surface area is 120 Å². The van der Waals surface area contributed by atoms with Gasteiger partial charge in [-0.05, 0) is 31.9 Å². The van der Waals surface area contributed by atoms with Crippen LogP contribution in [0.5, 0.6) is 0 Å². The molecule has 3 rings (SSSR count). The summed E-state index contributed by atoms with van der Waals surface area (Å²) in [7, 11) is 0. The predicted octanol–water partition coefficient (Wildman–Crippen LogP) is 4.13. The maximum Gasteiger partial charge on any atom is 0.107 e. The largest absolute Gasteiger partial charge is 0.308 e. The van der Waals surface area contributed by atoms with E-state index in [1.807, 2.05) is 6.07 Å². The maximum absolute atomic E-state index is 4.76. The molecule has 18 heavy (non-hydrogen) atoms. The molecule has 1 saturated carbocycles. The molecule has 0 radical (unpaired) electrons. The maximum atomic E-state index is 4.76. The number of benzene rings is 1. The lowest BCUT2D eigenvalue weighted by atomic mass is 10.1. The van der Waals surface area contributed by atoms with Crippen molar-refractivity contribution in [3.05, 3.63) is 38.6 Å². The van der Waals surface area contributed by atoms with Crippen LogP contribution in [0.1, 0.15) is 22.7 Å². The minimum absolute atomic E-state index is 0.739. The molecule has 0 amide bonds. The Morgan fingerprint density at radius 3 is 3.00 bits per heavy atom. The van der Waals surface area contributed by atoms with E-state index in [0.29, 0.717) is 0 Å². The highest BCUT2D eigenvalue weighted by molar-refractivity contribution is 9.10. The van der Waals surface area contributed by atoms with E-state index in [9.17, 15) is 0 Å². The van der Waals surface area contributed by atoms with Gasteiger partial charge in [0.15, 0.2) is 0 Å². The summed E-state index contributed by atoms with van der Waals surface area (Å²) in [4.78, 5) is 6.05. The fraction of sp³-hybridized carbons (Fsp3) is 0.357. The minimum Gasteiger partial charge on any atom is -0.308 e. The summed E-state index contributed by atoms with van der Waals surface area (Å²) < 4.78 is 1.10. The molecular formula is C14H15BrN2S. The summed E-state index contributed by atoms with van der Waals surface area (Å²) in [6.45, 7) is 3.05. The second kappa shape index (κ2) is 5.11. The van der Waals surface area contributed by atoms with E-state index in [4.69, 9.17) is 4.98 Å². The van der Waals surface area contributed by atoms with E-state index >= 15 is 0 Å². The summed E-state index contributed by atoms with van der Waals surface area (Å²) in [6.07, 6.45) is 2.64. The third-order valence-corrected chi connectivity index (χ3v) is 4.52. The van der Waals surface area contributed by atoms with Crippen LogP contribution in [0.2, 0.25) is 0 Å². The highest BCUT2D eigenvalue weighted by Gasteiger charge is 2.21. The Morgan fingerprint density at radius 2 is 2.28 bits per heavy atom. The average Bonchev–Trinajstić information content (AvgIpc) is 3.10. The Hall–Kier alpha value is -0.710. The molecule has 2 nitrogen and oxygen atoms in total. The Bertz CT molecular complexity index is 561. The van der Waals surface area contributed by atoms with Gasteiger partial charge in [0.2, 0.25) is 0 Å². The molecular weight excluding hydrogens is 308 g/mol. The van der Waals surface area contributed by atoms with Crippen LogP contribution in [0.15, 0.2) is 28.7 Å². The average molecular weight is 323 g/mol. The number of rotatable bonds is 4. The molecule has 0 bridgehead atoms. The Morgan fingerprint density at radius 1 is 1.44 bits per heavy atom. The zero-order chi connectivity index (χ0) is 12.5. The van der Waals surface area contributed by atoms with Crippen molar-refractivity contribution in [2.24, 2.45) is 0 Å². The minimum atomic E-state index is 0.739. The second-order valence-electron chi connectivity index (χ2n) is 4.68. The van der Waals surface area contributed by atoms with Crippen molar-refractivity contribution in [1.29, 1.82) is 0 Å². The fourth-order valence-electron chi connectivity index (χ4n) is 1.95. The van der Waals surface area contributed by atoms with Crippen molar-refractivity contribution in [1.82, 2.24) is 10.3 Å². The van der Waals surface area contributed by atoms with Crippen molar-refractivity contribution < 1.29 is 0 Å². The molecule has 1 N–H and O–H groups in total. The van der Waals surface area contributed by atoms with Gasteiger partial charge in [-0.3, -0.25) is 0 Å². The lowest BCUT2D eigenvalue weighted by molar-refractivity contribution is 0.685. The quantitative estimate of drug-likeness (QED) is 0.915. The molecule has 4 heteroatoms. The van der Waals surface area contributed by atoms with E-state index in [1.54, 1.807) is 11.3 Å². The molecule has 0 aliphatic heterocycles. The van der Waals surface area contributed by atoms with Gasteiger partial charge in [-0.25, -0.2) is 4.98 Å². The lowest BCUT2D eigenvalue weighted by Crippen LogP contribution is -2.14. The summed E-state index contributed by atoms with van der Waals surface area (Å²) >= 11 is 5.31. The predicted molar refractivity (Wildman–Crippen MR) is 79.8 cm³/mol. The highest BCUT2D eigenvalue weighted by atomic mass is 79.9. The van der Waals surface area contributed by atoms with Crippen molar-refractivity contribution in [2.75, 3.05) is 0 Å². The van der Waals surface area contributed by atoms with Gasteiger partial charge < -0.3 is 5.32 Å². The first-order chi connectivity index (χ1) is 8.72. The first-order valence-corrected chi connectivity index (χ1v) is 7.79. The van der Waals surface area contributed by atoms with E-state index in [1.165, 1.54) is 28.3 Å². The summed E-state index contributed by atoms with van der Waals surface area (Å²) in [5.41, 5.74) is 2.31. The molecule has 1 aromatic carbocycles. The van der Waals surface area contributed by atoms with Gasteiger partial charge in [-0.15, -0.1) is 11.3 Å². The Kier molecular flexibility index (Phi) is 3.50. The van der Waals surface area contributed by atoms with Gasteiger partial charge in [-0.1, -0.05) is 28.1 Å². The van der Waals surface area contributed by atoms with Gasteiger partial charge in [-0.2, -0.15) is 0 Å². The van der Waals surface area contributed by atoms with Crippen molar-refractivity contribution in [2.45, 2.75) is 32.4 Å². The van der Waals surface area contributed by atoms with Crippen molar-refractivity contribution in [3.63, 3.8) is 0 Å². The lowest BCUT2D eigenvalue weighted by Gasteiger charge is -1.99. The molecule has 1 heterocycles. The normalized spacial score (nSPS) is 15.0. The first kappa shape index (κ1) is 12.3. The van der Waals surface area contributed by atoms with Crippen LogP contribution < -0.4 is 5.32 Å². The topological polar surface area (TPSA) is 24.9 Å². The van der Waals surface area contributed by atoms with E-state index in [2.05, 4.69) is 46.4 Å². The van der Waals surface area contributed by atoms with Crippen molar-refractivity contribution in [3.8, 4) is 11.3 Å². The van der Waals surface area contributed by atoms with E-state index < -0.39 is 0 Å². The SMILES string of the molecule is Cc1sc(CNC2CC2)nc1-c1cccc(Br)c1. The Balaban J connectivity index is 1.82. The van der Waals surface area contributed by atoms with E-state index in [-0.39, 0.29) is 0 Å². The second-order valence-corrected chi connectivity index (χ2v) is 6.88. The van der Waals surface area contributed by atoms with Gasteiger partial charge in [0.1, 0.15) is 5.01 Å². The molecule has 2 aromatic rings. The van der Waals surface area contributed by atoms with Gasteiger partial charge in [0.05, 0.1) is 5.69 Å². The van der Waals surface area contributed by atoms with Crippen LogP contribution in [0.3, 0.4) is 0 Å². The molecule has 1 aliphatic rings. The van der Waals surface area contributed by atoms with Crippen molar-refractivity contribution >= 4 is 27.3 Å². The van der Waals surface area contributed by atoms with E-state index in [0.717, 1.165) is 22.8 Å². The fourth-order valence-corrected chi connectivity index (χ4v) is 3.25. The number of halogens is 1. The third kappa shape index (κ3) is 2.82. The molecule has 0 atom stereocenters. The van der Waals surface area contributed by atoms with Crippen LogP contribution in [-0.2, 0) is 6.54 Å². The third-order valence-electron chi connectivity index (χ3n) is 3.06. The first-order valence-electron chi connectivity index (χ1n) is 6.18. The molecule has 0 unspecified atom stereocenters. The molecule has 94 valence electrons. The van der Waals surface area contributed by atoms with Gasteiger partial charge in [0, 0.05) is 27.5 Å². The molecule has 1 fully saturated rings. The molecule has 1 aliphatic carbocycles. The van der Waals surface area contributed by atoms with Crippen LogP contribution in [0, 0.1) is 6.92 Å².